The molecular formula is C13H13NO2S3. The van der Waals surface area contributed by atoms with E-state index in [4.69, 9.17) is 17.0 Å². The zero-order valence-corrected chi connectivity index (χ0v) is 12.7. The summed E-state index contributed by atoms with van der Waals surface area (Å²) in [7, 11) is 0. The Morgan fingerprint density at radius 3 is 3.16 bits per heavy atom. The smallest absolute Gasteiger partial charge is 0.266 e. The standard InChI is InChI=1S/C13H13NO2S3/c15-12-11(7-10-4-2-6-18-10)19-13(17)14(12)8-9-3-1-5-16-9/h2,4,6-7,9H,1,3,5,8H2/b11-7+/t9-/m1/s1. The molecule has 1 atom stereocenters. The van der Waals surface area contributed by atoms with Gasteiger partial charge >= 0.3 is 0 Å². The molecule has 19 heavy (non-hydrogen) atoms. The van der Waals surface area contributed by atoms with Gasteiger partial charge in [-0.3, -0.25) is 9.69 Å². The molecule has 0 radical (unpaired) electrons. The predicted molar refractivity (Wildman–Crippen MR) is 83.2 cm³/mol. The van der Waals surface area contributed by atoms with E-state index in [0.717, 1.165) is 24.3 Å². The van der Waals surface area contributed by atoms with Crippen molar-refractivity contribution in [1.82, 2.24) is 4.90 Å². The fourth-order valence-corrected chi connectivity index (χ4v) is 4.15. The average molecular weight is 311 g/mol. The first kappa shape index (κ1) is 13.3. The van der Waals surface area contributed by atoms with Crippen LogP contribution < -0.4 is 0 Å². The van der Waals surface area contributed by atoms with Crippen LogP contribution in [0.5, 0.6) is 0 Å². The van der Waals surface area contributed by atoms with Gasteiger partial charge in [0.25, 0.3) is 5.91 Å². The second kappa shape index (κ2) is 5.75. The maximum atomic E-state index is 12.3. The van der Waals surface area contributed by atoms with Crippen molar-refractivity contribution in [2.45, 2.75) is 18.9 Å². The Hall–Kier alpha value is -0.690. The zero-order valence-electron chi connectivity index (χ0n) is 10.2. The fraction of sp³-hybridized carbons (Fsp3) is 0.385. The number of thioether (sulfide) groups is 1. The van der Waals surface area contributed by atoms with Crippen molar-refractivity contribution in [3.63, 3.8) is 0 Å². The lowest BCUT2D eigenvalue weighted by Crippen LogP contribution is -2.35. The van der Waals surface area contributed by atoms with E-state index in [1.165, 1.54) is 11.8 Å². The van der Waals surface area contributed by atoms with E-state index in [2.05, 4.69) is 0 Å². The molecule has 3 heterocycles. The second-order valence-corrected chi connectivity index (χ2v) is 7.10. The van der Waals surface area contributed by atoms with Gasteiger partial charge in [0.2, 0.25) is 0 Å². The van der Waals surface area contributed by atoms with E-state index in [0.29, 0.717) is 15.8 Å². The molecule has 2 fully saturated rings. The highest BCUT2D eigenvalue weighted by molar-refractivity contribution is 8.26. The first-order valence-corrected chi connectivity index (χ1v) is 8.25. The van der Waals surface area contributed by atoms with Crippen LogP contribution in [0.25, 0.3) is 6.08 Å². The van der Waals surface area contributed by atoms with Gasteiger partial charge in [-0.1, -0.05) is 30.0 Å². The Labute approximate surface area is 125 Å². The van der Waals surface area contributed by atoms with Gasteiger partial charge in [-0.15, -0.1) is 11.3 Å². The molecule has 2 saturated heterocycles. The quantitative estimate of drug-likeness (QED) is 0.633. The SMILES string of the molecule is O=C1/C(=C\c2cccs2)SC(=S)N1C[C@H]1CCCO1. The molecule has 0 saturated carbocycles. The van der Waals surface area contributed by atoms with Crippen molar-refractivity contribution in [2.24, 2.45) is 0 Å². The molecule has 3 nitrogen and oxygen atoms in total. The Morgan fingerprint density at radius 2 is 2.47 bits per heavy atom. The Balaban J connectivity index is 1.73. The molecule has 6 heteroatoms. The molecule has 2 aliphatic rings. The van der Waals surface area contributed by atoms with Crippen molar-refractivity contribution in [3.05, 3.63) is 27.3 Å². The molecule has 0 spiro atoms. The minimum absolute atomic E-state index is 0.0129. The van der Waals surface area contributed by atoms with Gasteiger partial charge in [-0.25, -0.2) is 0 Å². The summed E-state index contributed by atoms with van der Waals surface area (Å²) < 4.78 is 6.21. The van der Waals surface area contributed by atoms with Gasteiger partial charge in [-0.05, 0) is 30.4 Å². The lowest BCUT2D eigenvalue weighted by molar-refractivity contribution is -0.123. The van der Waals surface area contributed by atoms with E-state index in [9.17, 15) is 4.79 Å². The largest absolute Gasteiger partial charge is 0.376 e. The highest BCUT2D eigenvalue weighted by Gasteiger charge is 2.34. The summed E-state index contributed by atoms with van der Waals surface area (Å²) in [6.07, 6.45) is 4.15. The van der Waals surface area contributed by atoms with E-state index in [1.807, 2.05) is 23.6 Å². The van der Waals surface area contributed by atoms with Gasteiger partial charge in [0.15, 0.2) is 0 Å². The first-order chi connectivity index (χ1) is 9.24. The van der Waals surface area contributed by atoms with Crippen molar-refractivity contribution in [1.29, 1.82) is 0 Å². The van der Waals surface area contributed by atoms with Crippen LogP contribution >= 0.6 is 35.3 Å². The number of rotatable bonds is 3. The maximum Gasteiger partial charge on any atom is 0.266 e. The number of carbonyl (C=O) groups excluding carboxylic acids is 1. The number of hydrogen-bond donors (Lipinski definition) is 0. The third-order valence-corrected chi connectivity index (χ3v) is 5.30. The molecule has 0 bridgehead atoms. The molecule has 1 aromatic rings. The van der Waals surface area contributed by atoms with Crippen LogP contribution in [0.3, 0.4) is 0 Å². The number of thiocarbonyl (C=S) groups is 1. The molecule has 0 unspecified atom stereocenters. The van der Waals surface area contributed by atoms with E-state index in [-0.39, 0.29) is 12.0 Å². The maximum absolute atomic E-state index is 12.3. The van der Waals surface area contributed by atoms with Crippen molar-refractivity contribution >= 4 is 51.6 Å². The average Bonchev–Trinajstić information content (AvgIpc) is 3.10. The van der Waals surface area contributed by atoms with Crippen molar-refractivity contribution < 1.29 is 9.53 Å². The van der Waals surface area contributed by atoms with Crippen LogP contribution in [0.2, 0.25) is 0 Å². The fourth-order valence-electron chi connectivity index (χ4n) is 2.15. The van der Waals surface area contributed by atoms with Crippen LogP contribution in [-0.2, 0) is 9.53 Å². The Morgan fingerprint density at radius 1 is 1.58 bits per heavy atom. The second-order valence-electron chi connectivity index (χ2n) is 4.44. The molecule has 1 amide bonds. The van der Waals surface area contributed by atoms with Gasteiger partial charge < -0.3 is 4.74 Å². The molecule has 100 valence electrons. The molecule has 0 N–H and O–H groups in total. The summed E-state index contributed by atoms with van der Waals surface area (Å²) in [4.78, 5) is 15.8. The van der Waals surface area contributed by atoms with Gasteiger partial charge in [0.05, 0.1) is 17.6 Å². The normalized spacial score (nSPS) is 25.8. The molecular weight excluding hydrogens is 298 g/mol. The highest BCUT2D eigenvalue weighted by Crippen LogP contribution is 2.34. The van der Waals surface area contributed by atoms with Crippen LogP contribution in [0, 0.1) is 0 Å². The van der Waals surface area contributed by atoms with Crippen molar-refractivity contribution in [2.75, 3.05) is 13.2 Å². The van der Waals surface area contributed by atoms with Gasteiger partial charge in [0.1, 0.15) is 4.32 Å². The van der Waals surface area contributed by atoms with Crippen LogP contribution in [0.15, 0.2) is 22.4 Å². The van der Waals surface area contributed by atoms with Gasteiger partial charge in [0, 0.05) is 11.5 Å². The summed E-state index contributed by atoms with van der Waals surface area (Å²) in [6.45, 7) is 1.39. The van der Waals surface area contributed by atoms with E-state index >= 15 is 0 Å². The zero-order chi connectivity index (χ0) is 13.2. The molecule has 2 aliphatic heterocycles. The van der Waals surface area contributed by atoms with E-state index < -0.39 is 0 Å². The number of nitrogens with zero attached hydrogens (tertiary/aromatic N) is 1. The topological polar surface area (TPSA) is 29.5 Å². The Bertz CT molecular complexity index is 518. The van der Waals surface area contributed by atoms with Crippen LogP contribution in [0.1, 0.15) is 17.7 Å². The summed E-state index contributed by atoms with van der Waals surface area (Å²) in [5, 5.41) is 2.00. The Kier molecular flexibility index (Phi) is 4.02. The van der Waals surface area contributed by atoms with Crippen LogP contribution in [-0.4, -0.2) is 34.4 Å². The van der Waals surface area contributed by atoms with Crippen LogP contribution in [0.4, 0.5) is 0 Å². The minimum Gasteiger partial charge on any atom is -0.376 e. The lowest BCUT2D eigenvalue weighted by atomic mass is 10.2. The number of thiophene rings is 1. The molecule has 1 aromatic heterocycles. The number of amides is 1. The summed E-state index contributed by atoms with van der Waals surface area (Å²) in [5.74, 6) is 0.0129. The third-order valence-electron chi connectivity index (χ3n) is 3.10. The first-order valence-electron chi connectivity index (χ1n) is 6.14. The lowest BCUT2D eigenvalue weighted by Gasteiger charge is -2.18. The number of carbonyl (C=O) groups is 1. The minimum atomic E-state index is 0.0129. The molecule has 0 aromatic carbocycles. The summed E-state index contributed by atoms with van der Waals surface area (Å²) in [5.41, 5.74) is 0. The third kappa shape index (κ3) is 2.91. The predicted octanol–water partition coefficient (Wildman–Crippen LogP) is 3.13. The summed E-state index contributed by atoms with van der Waals surface area (Å²) >= 11 is 8.30. The highest BCUT2D eigenvalue weighted by atomic mass is 32.2. The number of hydrogen-bond acceptors (Lipinski definition) is 5. The number of ether oxygens (including phenoxy) is 1. The van der Waals surface area contributed by atoms with Crippen molar-refractivity contribution in [3.8, 4) is 0 Å². The van der Waals surface area contributed by atoms with Gasteiger partial charge in [-0.2, -0.15) is 0 Å². The molecule has 3 rings (SSSR count). The van der Waals surface area contributed by atoms with E-state index in [1.54, 1.807) is 16.2 Å². The monoisotopic (exact) mass is 311 g/mol. The molecule has 0 aliphatic carbocycles. The summed E-state index contributed by atoms with van der Waals surface area (Å²) in [6, 6.07) is 3.97.